The molecule has 1 aromatic heterocycles. The van der Waals surface area contributed by atoms with Crippen LogP contribution in [0, 0.1) is 23.1 Å². The van der Waals surface area contributed by atoms with Gasteiger partial charge in [-0.05, 0) is 102 Å². The summed E-state index contributed by atoms with van der Waals surface area (Å²) in [5, 5.41) is 9.19. The van der Waals surface area contributed by atoms with E-state index < -0.39 is 44.1 Å². The van der Waals surface area contributed by atoms with Gasteiger partial charge in [0.2, 0.25) is 5.13 Å². The van der Waals surface area contributed by atoms with Crippen LogP contribution >= 0.6 is 23.1 Å². The minimum Gasteiger partial charge on any atom is -0.497 e. The quantitative estimate of drug-likeness (QED) is 0.105. The molecular weight excluding hydrogens is 811 g/mol. The van der Waals surface area contributed by atoms with Crippen molar-refractivity contribution in [1.29, 1.82) is 0 Å². The van der Waals surface area contributed by atoms with E-state index >= 15 is 4.39 Å². The zero-order valence-electron chi connectivity index (χ0n) is 35.0. The third kappa shape index (κ3) is 14.0. The van der Waals surface area contributed by atoms with Crippen LogP contribution in [0.15, 0.2) is 41.6 Å². The van der Waals surface area contributed by atoms with Crippen molar-refractivity contribution in [3.8, 4) is 11.5 Å². The monoisotopic (exact) mass is 868 g/mol. The van der Waals surface area contributed by atoms with Crippen molar-refractivity contribution in [3.63, 3.8) is 0 Å². The van der Waals surface area contributed by atoms with Crippen LogP contribution in [0.2, 0.25) is 5.02 Å². The Hall–Kier alpha value is -4.09. The van der Waals surface area contributed by atoms with E-state index in [4.69, 9.17) is 30.5 Å². The number of ether oxygens (including phenoxy) is 4. The molecule has 18 heteroatoms. The number of hydrogen-bond acceptors (Lipinski definition) is 12. The number of halogens is 2. The zero-order chi connectivity index (χ0) is 43.1. The van der Waals surface area contributed by atoms with E-state index in [9.17, 15) is 18.0 Å². The summed E-state index contributed by atoms with van der Waals surface area (Å²) in [6.07, 6.45) is 4.14. The van der Waals surface area contributed by atoms with E-state index in [1.807, 2.05) is 0 Å². The molecule has 0 unspecified atom stereocenters. The van der Waals surface area contributed by atoms with Crippen molar-refractivity contribution >= 4 is 56.2 Å². The van der Waals surface area contributed by atoms with Gasteiger partial charge in [0.25, 0.3) is 10.0 Å². The van der Waals surface area contributed by atoms with Gasteiger partial charge in [-0.15, -0.1) is 0 Å². The maximum atomic E-state index is 16.2. The molecule has 0 aliphatic heterocycles. The summed E-state index contributed by atoms with van der Waals surface area (Å²) in [6.45, 7) is 15.3. The Morgan fingerprint density at radius 1 is 1.00 bits per heavy atom. The minimum atomic E-state index is -4.59. The minimum absolute atomic E-state index is 0.0153. The molecule has 0 spiro atoms. The van der Waals surface area contributed by atoms with Crippen molar-refractivity contribution < 1.29 is 41.3 Å². The van der Waals surface area contributed by atoms with Crippen LogP contribution in [0.5, 0.6) is 11.5 Å². The Kier molecular flexibility index (Phi) is 15.5. The average molecular weight is 870 g/mol. The van der Waals surface area contributed by atoms with E-state index in [1.54, 1.807) is 59.7 Å². The standard InChI is InChI=1S/C40H58ClFN6O8S2/c1-38(2,3)55-36(49)43-16-15-40(7,8)21-27(31(17-25-11-12-25)47-37(50)56-39(4,5)6)22-44-32-20-30(42)34(19-29(32)41)58(51,52)48(35-45-24-46-57-35)23-26-13-14-28(53-9)18-33(26)54-10/h13-14,18-20,24-25,27,31,44H,11-12,15-17,21-23H2,1-10H3,(H,43,49)(H,47,50)/t27-,31+/m0/s1. The topological polar surface area (TPSA) is 170 Å². The lowest BCUT2D eigenvalue weighted by molar-refractivity contribution is 0.0460. The summed E-state index contributed by atoms with van der Waals surface area (Å²) < 4.78 is 71.5. The van der Waals surface area contributed by atoms with Crippen LogP contribution < -0.4 is 29.7 Å². The first-order valence-corrected chi connectivity index (χ1v) is 21.8. The first-order valence-electron chi connectivity index (χ1n) is 19.2. The number of methoxy groups -OCH3 is 2. The van der Waals surface area contributed by atoms with Crippen LogP contribution in [-0.2, 0) is 26.0 Å². The lowest BCUT2D eigenvalue weighted by atomic mass is 9.76. The molecular formula is C40H58ClFN6O8S2. The highest BCUT2D eigenvalue weighted by Crippen LogP contribution is 2.40. The van der Waals surface area contributed by atoms with E-state index in [2.05, 4.69) is 39.2 Å². The highest BCUT2D eigenvalue weighted by atomic mass is 35.5. The van der Waals surface area contributed by atoms with Crippen LogP contribution in [0.25, 0.3) is 0 Å². The molecule has 3 N–H and O–H groups in total. The number of alkyl carbamates (subject to hydrolysis) is 2. The fraction of sp³-hybridized carbons (Fsp3) is 0.600. The first kappa shape index (κ1) is 46.6. The molecule has 2 amide bonds. The normalized spacial score (nSPS) is 14.6. The summed E-state index contributed by atoms with van der Waals surface area (Å²) in [4.78, 5) is 29.0. The Morgan fingerprint density at radius 2 is 1.67 bits per heavy atom. The van der Waals surface area contributed by atoms with Crippen LogP contribution in [0.3, 0.4) is 0 Å². The highest BCUT2D eigenvalue weighted by molar-refractivity contribution is 7.93. The predicted molar refractivity (Wildman–Crippen MR) is 224 cm³/mol. The molecule has 0 bridgehead atoms. The molecule has 1 aliphatic rings. The zero-order valence-corrected chi connectivity index (χ0v) is 37.4. The predicted octanol–water partition coefficient (Wildman–Crippen LogP) is 8.80. The van der Waals surface area contributed by atoms with Gasteiger partial charge < -0.3 is 34.9 Å². The summed E-state index contributed by atoms with van der Waals surface area (Å²) >= 11 is 7.59. The van der Waals surface area contributed by atoms with Gasteiger partial charge in [0.1, 0.15) is 39.7 Å². The van der Waals surface area contributed by atoms with Crippen LogP contribution in [-0.4, -0.2) is 74.5 Å². The largest absolute Gasteiger partial charge is 0.497 e. The number of hydrogen-bond donors (Lipinski definition) is 3. The van der Waals surface area contributed by atoms with Gasteiger partial charge in [-0.2, -0.15) is 4.37 Å². The fourth-order valence-corrected chi connectivity index (χ4v) is 8.92. The number of nitrogens with one attached hydrogen (secondary N) is 3. The second kappa shape index (κ2) is 19.3. The number of anilines is 2. The van der Waals surface area contributed by atoms with Crippen molar-refractivity contribution in [2.24, 2.45) is 17.3 Å². The fourth-order valence-electron chi connectivity index (χ4n) is 6.42. The number of aromatic nitrogens is 2. The lowest BCUT2D eigenvalue weighted by Crippen LogP contribution is -2.46. The molecule has 1 saturated carbocycles. The lowest BCUT2D eigenvalue weighted by Gasteiger charge is -2.36. The SMILES string of the molecule is COc1ccc(CN(c2ncns2)S(=O)(=O)c2cc(Cl)c(NC[C@H](CC(C)(C)CCNC(=O)OC(C)(C)C)[C@@H](CC3CC3)NC(=O)OC(C)(C)C)cc2F)c(OC)c1. The molecule has 0 saturated heterocycles. The van der Waals surface area contributed by atoms with Crippen LogP contribution in [0.1, 0.15) is 93.1 Å². The Bertz CT molecular complexity index is 1970. The smallest absolute Gasteiger partial charge is 0.407 e. The van der Waals surface area contributed by atoms with E-state index in [0.717, 1.165) is 40.8 Å². The van der Waals surface area contributed by atoms with Crippen molar-refractivity contribution in [2.45, 2.75) is 116 Å². The number of rotatable bonds is 19. The Morgan fingerprint density at radius 3 is 2.26 bits per heavy atom. The molecule has 1 aliphatic carbocycles. The van der Waals surface area contributed by atoms with Gasteiger partial charge in [0.15, 0.2) is 0 Å². The maximum absolute atomic E-state index is 16.2. The number of amides is 2. The molecule has 4 rings (SSSR count). The number of sulfonamides is 1. The second-order valence-corrected chi connectivity index (χ2v) is 20.3. The second-order valence-electron chi connectivity index (χ2n) is 17.3. The van der Waals surface area contributed by atoms with E-state index in [1.165, 1.54) is 20.5 Å². The van der Waals surface area contributed by atoms with E-state index in [0.29, 0.717) is 48.8 Å². The summed E-state index contributed by atoms with van der Waals surface area (Å²) in [5.74, 6) is 0.0422. The van der Waals surface area contributed by atoms with Gasteiger partial charge in [-0.25, -0.2) is 31.7 Å². The van der Waals surface area contributed by atoms with E-state index in [-0.39, 0.29) is 46.3 Å². The Balaban J connectivity index is 1.61. The average Bonchev–Trinajstić information content (AvgIpc) is 3.76. The van der Waals surface area contributed by atoms with Gasteiger partial charge in [0.05, 0.1) is 31.5 Å². The molecule has 1 fully saturated rings. The molecule has 0 radical (unpaired) electrons. The molecule has 2 atom stereocenters. The maximum Gasteiger partial charge on any atom is 0.407 e. The first-order chi connectivity index (χ1) is 27.0. The van der Waals surface area contributed by atoms with Gasteiger partial charge >= 0.3 is 12.2 Å². The van der Waals surface area contributed by atoms with Crippen LogP contribution in [0.4, 0.5) is 24.8 Å². The molecule has 58 heavy (non-hydrogen) atoms. The number of carbonyl (C=O) groups is 2. The van der Waals surface area contributed by atoms with Crippen molar-refractivity contribution in [3.05, 3.63) is 53.1 Å². The summed E-state index contributed by atoms with van der Waals surface area (Å²) in [5.41, 5.74) is -1.04. The van der Waals surface area contributed by atoms with Crippen molar-refractivity contribution in [1.82, 2.24) is 20.0 Å². The molecule has 3 aromatic rings. The highest BCUT2D eigenvalue weighted by Gasteiger charge is 2.36. The molecule has 1 heterocycles. The van der Waals surface area contributed by atoms with Crippen molar-refractivity contribution in [2.75, 3.05) is 36.9 Å². The van der Waals surface area contributed by atoms with Gasteiger partial charge in [-0.1, -0.05) is 38.3 Å². The third-order valence-corrected chi connectivity index (χ3v) is 12.2. The van der Waals surface area contributed by atoms with Gasteiger partial charge in [0, 0.05) is 42.3 Å². The summed E-state index contributed by atoms with van der Waals surface area (Å²) in [6, 6.07) is 6.74. The summed E-state index contributed by atoms with van der Waals surface area (Å²) in [7, 11) is -1.65. The third-order valence-electron chi connectivity index (χ3n) is 9.36. The molecule has 14 nitrogen and oxygen atoms in total. The number of nitrogens with zero attached hydrogens (tertiary/aromatic N) is 3. The number of benzene rings is 2. The Labute approximate surface area is 351 Å². The van der Waals surface area contributed by atoms with Gasteiger partial charge in [-0.3, -0.25) is 0 Å². The number of carbonyl (C=O) groups excluding carboxylic acids is 2. The molecule has 2 aromatic carbocycles. The molecule has 322 valence electrons.